The number of hydrogen-bond acceptors (Lipinski definition) is 7. The van der Waals surface area contributed by atoms with Crippen LogP contribution in [0, 0.1) is 5.92 Å². The van der Waals surface area contributed by atoms with Gasteiger partial charge in [-0.15, -0.1) is 0 Å². The number of ether oxygens (including phenoxy) is 4. The van der Waals surface area contributed by atoms with Crippen LogP contribution < -0.4 is 0 Å². The first-order chi connectivity index (χ1) is 24.1. The quantitative estimate of drug-likeness (QED) is 0.0387. The summed E-state index contributed by atoms with van der Waals surface area (Å²) < 4.78 is 22.9. The lowest BCUT2D eigenvalue weighted by Crippen LogP contribution is -2.25. The molecule has 0 aromatic heterocycles. The molecule has 0 aromatic carbocycles. The molecular weight excluding hydrogens is 616 g/mol. The Morgan fingerprint density at radius 3 is 1.14 bits per heavy atom. The standard InChI is InChI=1S/C42H82O7/c1-4-7-10-13-16-17-18-19-20-21-22-23-24-25-28-31-40(44)48-37-39(36-43)38-49-41(45)32-33-42(46-34-29-26-14-11-8-5-2)47-35-30-27-15-12-9-6-3/h39,42-43H,4-38H2,1-3H3. The predicted molar refractivity (Wildman–Crippen MR) is 204 cm³/mol. The van der Waals surface area contributed by atoms with E-state index in [1.54, 1.807) is 0 Å². The van der Waals surface area contributed by atoms with Crippen molar-refractivity contribution in [2.75, 3.05) is 33.0 Å². The molecule has 0 rings (SSSR count). The molecule has 1 N–H and O–H groups in total. The summed E-state index contributed by atoms with van der Waals surface area (Å²) in [5.41, 5.74) is 0. The Bertz CT molecular complexity index is 668. The molecule has 0 fully saturated rings. The Kier molecular flexibility index (Phi) is 38.6. The molecule has 1 unspecified atom stereocenters. The minimum absolute atomic E-state index is 0.0312. The average Bonchev–Trinajstić information content (AvgIpc) is 3.11. The highest BCUT2D eigenvalue weighted by Crippen LogP contribution is 2.15. The van der Waals surface area contributed by atoms with E-state index in [-0.39, 0.29) is 38.2 Å². The maximum absolute atomic E-state index is 12.5. The third-order valence-electron chi connectivity index (χ3n) is 9.39. The van der Waals surface area contributed by atoms with E-state index in [1.807, 2.05) is 0 Å². The number of hydrogen-bond donors (Lipinski definition) is 1. The van der Waals surface area contributed by atoms with Crippen molar-refractivity contribution >= 4 is 11.9 Å². The molecule has 0 aliphatic carbocycles. The summed E-state index contributed by atoms with van der Waals surface area (Å²) >= 11 is 0. The largest absolute Gasteiger partial charge is 0.465 e. The normalized spacial score (nSPS) is 12.1. The topological polar surface area (TPSA) is 91.3 Å². The molecule has 7 heteroatoms. The second-order valence-corrected chi connectivity index (χ2v) is 14.4. The van der Waals surface area contributed by atoms with Crippen molar-refractivity contribution in [3.05, 3.63) is 0 Å². The summed E-state index contributed by atoms with van der Waals surface area (Å²) in [5, 5.41) is 9.74. The van der Waals surface area contributed by atoms with Gasteiger partial charge >= 0.3 is 11.9 Å². The lowest BCUT2D eigenvalue weighted by molar-refractivity contribution is -0.161. The Morgan fingerprint density at radius 2 is 0.776 bits per heavy atom. The monoisotopic (exact) mass is 699 g/mol. The van der Waals surface area contributed by atoms with Crippen LogP contribution in [0.3, 0.4) is 0 Å². The molecule has 7 nitrogen and oxygen atoms in total. The summed E-state index contributed by atoms with van der Waals surface area (Å²) in [4.78, 5) is 24.7. The molecular formula is C42H82O7. The fourth-order valence-electron chi connectivity index (χ4n) is 6.00. The van der Waals surface area contributed by atoms with Crippen molar-refractivity contribution in [3.63, 3.8) is 0 Å². The second kappa shape index (κ2) is 39.6. The van der Waals surface area contributed by atoms with Crippen LogP contribution in [0.5, 0.6) is 0 Å². The smallest absolute Gasteiger partial charge is 0.305 e. The predicted octanol–water partition coefficient (Wildman–Crippen LogP) is 11.8. The molecule has 0 amide bonds. The Morgan fingerprint density at radius 1 is 0.449 bits per heavy atom. The zero-order chi connectivity index (χ0) is 35.9. The SMILES string of the molecule is CCCCCCCCCCCCCCCCCC(=O)OCC(CO)COC(=O)CCC(OCCCCCCCC)OCCCCCCCC. The van der Waals surface area contributed by atoms with Gasteiger partial charge in [0.1, 0.15) is 0 Å². The number of unbranched alkanes of at least 4 members (excludes halogenated alkanes) is 24. The van der Waals surface area contributed by atoms with Crippen molar-refractivity contribution in [3.8, 4) is 0 Å². The van der Waals surface area contributed by atoms with E-state index >= 15 is 0 Å². The van der Waals surface area contributed by atoms with E-state index in [0.29, 0.717) is 26.1 Å². The lowest BCUT2D eigenvalue weighted by Gasteiger charge is -2.19. The molecule has 0 aliphatic rings. The summed E-state index contributed by atoms with van der Waals surface area (Å²) in [7, 11) is 0. The first-order valence-electron chi connectivity index (χ1n) is 21.2. The number of esters is 2. The minimum Gasteiger partial charge on any atom is -0.465 e. The third kappa shape index (κ3) is 36.4. The van der Waals surface area contributed by atoms with Gasteiger partial charge in [0.25, 0.3) is 0 Å². The fraction of sp³-hybridized carbons (Fsp3) is 0.952. The molecule has 0 saturated carbocycles. The highest BCUT2D eigenvalue weighted by molar-refractivity contribution is 5.69. The first-order valence-corrected chi connectivity index (χ1v) is 21.2. The molecule has 292 valence electrons. The molecule has 0 bridgehead atoms. The molecule has 49 heavy (non-hydrogen) atoms. The van der Waals surface area contributed by atoms with Gasteiger partial charge < -0.3 is 24.1 Å². The molecule has 0 spiro atoms. The third-order valence-corrected chi connectivity index (χ3v) is 9.39. The summed E-state index contributed by atoms with van der Waals surface area (Å²) in [6.45, 7) is 7.88. The molecule has 1 atom stereocenters. The summed E-state index contributed by atoms with van der Waals surface area (Å²) in [5.74, 6) is -1.01. The molecule has 0 radical (unpaired) electrons. The first kappa shape index (κ1) is 47.8. The van der Waals surface area contributed by atoms with Crippen molar-refractivity contribution in [1.29, 1.82) is 0 Å². The van der Waals surface area contributed by atoms with Gasteiger partial charge in [-0.2, -0.15) is 0 Å². The van der Waals surface area contributed by atoms with Crippen LogP contribution in [-0.4, -0.2) is 56.4 Å². The van der Waals surface area contributed by atoms with Gasteiger partial charge in [-0.1, -0.05) is 175 Å². The number of carbonyl (C=O) groups excluding carboxylic acids is 2. The zero-order valence-electron chi connectivity index (χ0n) is 32.8. The van der Waals surface area contributed by atoms with Gasteiger partial charge in [-0.3, -0.25) is 9.59 Å². The van der Waals surface area contributed by atoms with Crippen LogP contribution in [0.15, 0.2) is 0 Å². The summed E-state index contributed by atoms with van der Waals surface area (Å²) in [6, 6.07) is 0. The molecule has 0 aliphatic heterocycles. The van der Waals surface area contributed by atoms with Crippen LogP contribution in [0.4, 0.5) is 0 Å². The van der Waals surface area contributed by atoms with Gasteiger partial charge in [-0.25, -0.2) is 0 Å². The number of aliphatic hydroxyl groups excluding tert-OH is 1. The Balaban J connectivity index is 4.03. The maximum Gasteiger partial charge on any atom is 0.305 e. The van der Waals surface area contributed by atoms with Crippen molar-refractivity contribution < 1.29 is 33.6 Å². The van der Waals surface area contributed by atoms with Gasteiger partial charge in [0.05, 0.1) is 32.2 Å². The van der Waals surface area contributed by atoms with Gasteiger partial charge in [0.15, 0.2) is 6.29 Å². The number of rotatable bonds is 40. The Hall–Kier alpha value is -1.18. The maximum atomic E-state index is 12.5. The van der Waals surface area contributed by atoms with Gasteiger partial charge in [0, 0.05) is 26.1 Å². The van der Waals surface area contributed by atoms with E-state index in [1.165, 1.54) is 128 Å². The molecule has 0 heterocycles. The van der Waals surface area contributed by atoms with Crippen LogP contribution in [0.2, 0.25) is 0 Å². The lowest BCUT2D eigenvalue weighted by atomic mass is 10.0. The number of aliphatic hydroxyl groups is 1. The second-order valence-electron chi connectivity index (χ2n) is 14.4. The van der Waals surface area contributed by atoms with E-state index in [9.17, 15) is 14.7 Å². The summed E-state index contributed by atoms with van der Waals surface area (Å²) in [6.07, 6.45) is 34.3. The van der Waals surface area contributed by atoms with Crippen LogP contribution in [0.1, 0.15) is 213 Å². The van der Waals surface area contributed by atoms with Crippen molar-refractivity contribution in [1.82, 2.24) is 0 Å². The Labute approximate surface area is 303 Å². The molecule has 0 aromatic rings. The van der Waals surface area contributed by atoms with Crippen LogP contribution >= 0.6 is 0 Å². The van der Waals surface area contributed by atoms with E-state index in [4.69, 9.17) is 18.9 Å². The van der Waals surface area contributed by atoms with Crippen molar-refractivity contribution in [2.45, 2.75) is 220 Å². The van der Waals surface area contributed by atoms with E-state index < -0.39 is 12.2 Å². The van der Waals surface area contributed by atoms with Crippen molar-refractivity contribution in [2.24, 2.45) is 5.92 Å². The average molecular weight is 699 g/mol. The van der Waals surface area contributed by atoms with E-state index in [2.05, 4.69) is 20.8 Å². The fourth-order valence-corrected chi connectivity index (χ4v) is 6.00. The van der Waals surface area contributed by atoms with Gasteiger partial charge in [0.2, 0.25) is 0 Å². The zero-order valence-corrected chi connectivity index (χ0v) is 32.8. The highest BCUT2D eigenvalue weighted by Gasteiger charge is 2.17. The van der Waals surface area contributed by atoms with E-state index in [0.717, 1.165) is 44.9 Å². The van der Waals surface area contributed by atoms with Crippen LogP contribution in [0.25, 0.3) is 0 Å². The van der Waals surface area contributed by atoms with Crippen LogP contribution in [-0.2, 0) is 28.5 Å². The van der Waals surface area contributed by atoms with Gasteiger partial charge in [-0.05, 0) is 19.3 Å². The molecule has 0 saturated heterocycles. The highest BCUT2D eigenvalue weighted by atomic mass is 16.7. The number of carbonyl (C=O) groups is 2. The minimum atomic E-state index is -0.419.